The predicted octanol–water partition coefficient (Wildman–Crippen LogP) is 3.71. The Morgan fingerprint density at radius 1 is 1.10 bits per heavy atom. The molecule has 1 heterocycles. The molecule has 3 aromatic rings. The molecular weight excluding hydrogens is 402 g/mol. The zero-order valence-electron chi connectivity index (χ0n) is 16.9. The number of aliphatic imine (C=N–C) groups is 1. The van der Waals surface area contributed by atoms with E-state index in [0.29, 0.717) is 23.2 Å². The molecular formula is C21H23N5O3S. The molecule has 4 N–H and O–H groups in total. The van der Waals surface area contributed by atoms with Crippen LogP contribution in [-0.2, 0) is 11.3 Å². The summed E-state index contributed by atoms with van der Waals surface area (Å²) >= 11 is 1.42. The molecule has 0 saturated heterocycles. The van der Waals surface area contributed by atoms with Gasteiger partial charge in [0.1, 0.15) is 11.5 Å². The van der Waals surface area contributed by atoms with E-state index in [0.717, 1.165) is 22.5 Å². The van der Waals surface area contributed by atoms with Crippen LogP contribution < -0.4 is 25.8 Å². The van der Waals surface area contributed by atoms with Gasteiger partial charge in [0.25, 0.3) is 0 Å². The zero-order valence-corrected chi connectivity index (χ0v) is 17.7. The molecule has 0 aliphatic heterocycles. The predicted molar refractivity (Wildman–Crippen MR) is 120 cm³/mol. The highest BCUT2D eigenvalue weighted by Crippen LogP contribution is 2.29. The Morgan fingerprint density at radius 2 is 1.77 bits per heavy atom. The maximum Gasteiger partial charge on any atom is 0.221 e. The van der Waals surface area contributed by atoms with Gasteiger partial charge in [0.2, 0.25) is 5.91 Å². The number of amides is 1. The molecule has 1 amide bonds. The third kappa shape index (κ3) is 5.26. The molecule has 8 nitrogen and oxygen atoms in total. The SMILES string of the molecule is COc1cccc(OC)c1CN=C(N)Nc1nc(-c2ccc(NC(C)=O)cc2)cs1. The number of carbonyl (C=O) groups is 1. The maximum atomic E-state index is 11.1. The van der Waals surface area contributed by atoms with Gasteiger partial charge in [0.05, 0.1) is 32.0 Å². The smallest absolute Gasteiger partial charge is 0.221 e. The summed E-state index contributed by atoms with van der Waals surface area (Å²) in [4.78, 5) is 20.0. The second-order valence-electron chi connectivity index (χ2n) is 6.26. The molecule has 0 unspecified atom stereocenters. The largest absolute Gasteiger partial charge is 0.496 e. The van der Waals surface area contributed by atoms with Crippen LogP contribution in [0.1, 0.15) is 12.5 Å². The van der Waals surface area contributed by atoms with E-state index in [2.05, 4.69) is 20.6 Å². The van der Waals surface area contributed by atoms with Gasteiger partial charge < -0.3 is 25.8 Å². The highest BCUT2D eigenvalue weighted by Gasteiger charge is 2.10. The highest BCUT2D eigenvalue weighted by molar-refractivity contribution is 7.14. The van der Waals surface area contributed by atoms with E-state index in [-0.39, 0.29) is 11.9 Å². The van der Waals surface area contributed by atoms with Crippen LogP contribution in [-0.4, -0.2) is 31.1 Å². The number of carbonyl (C=O) groups excluding carboxylic acids is 1. The molecule has 156 valence electrons. The summed E-state index contributed by atoms with van der Waals surface area (Å²) in [6.07, 6.45) is 0. The van der Waals surface area contributed by atoms with Crippen LogP contribution in [0.2, 0.25) is 0 Å². The fourth-order valence-corrected chi connectivity index (χ4v) is 3.52. The molecule has 1 aromatic heterocycles. The second kappa shape index (κ2) is 9.75. The summed E-state index contributed by atoms with van der Waals surface area (Å²) in [5, 5.41) is 8.30. The summed E-state index contributed by atoms with van der Waals surface area (Å²) in [5.41, 5.74) is 9.32. The average Bonchev–Trinajstić information content (AvgIpc) is 3.20. The second-order valence-corrected chi connectivity index (χ2v) is 7.12. The molecule has 0 aliphatic carbocycles. The molecule has 0 bridgehead atoms. The van der Waals surface area contributed by atoms with Crippen molar-refractivity contribution < 1.29 is 14.3 Å². The summed E-state index contributed by atoms with van der Waals surface area (Å²) in [6, 6.07) is 13.0. The van der Waals surface area contributed by atoms with E-state index in [1.54, 1.807) is 14.2 Å². The van der Waals surface area contributed by atoms with E-state index in [4.69, 9.17) is 15.2 Å². The number of benzene rings is 2. The van der Waals surface area contributed by atoms with Crippen LogP contribution in [0.4, 0.5) is 10.8 Å². The number of nitrogens with one attached hydrogen (secondary N) is 2. The zero-order chi connectivity index (χ0) is 21.5. The lowest BCUT2D eigenvalue weighted by Crippen LogP contribution is -2.22. The third-order valence-electron chi connectivity index (χ3n) is 4.18. The van der Waals surface area contributed by atoms with E-state index >= 15 is 0 Å². The lowest BCUT2D eigenvalue weighted by atomic mass is 10.1. The van der Waals surface area contributed by atoms with Crippen molar-refractivity contribution in [3.63, 3.8) is 0 Å². The Kier molecular flexibility index (Phi) is 6.87. The quantitative estimate of drug-likeness (QED) is 0.393. The van der Waals surface area contributed by atoms with Gasteiger partial charge in [0, 0.05) is 23.6 Å². The molecule has 0 fully saturated rings. The normalized spacial score (nSPS) is 11.1. The number of hydrogen-bond donors (Lipinski definition) is 3. The minimum atomic E-state index is -0.108. The number of anilines is 2. The molecule has 0 aliphatic rings. The lowest BCUT2D eigenvalue weighted by molar-refractivity contribution is -0.114. The van der Waals surface area contributed by atoms with Crippen molar-refractivity contribution in [1.29, 1.82) is 0 Å². The minimum Gasteiger partial charge on any atom is -0.496 e. The van der Waals surface area contributed by atoms with Gasteiger partial charge in [-0.2, -0.15) is 0 Å². The molecule has 0 spiro atoms. The first-order chi connectivity index (χ1) is 14.5. The molecule has 0 radical (unpaired) electrons. The average molecular weight is 426 g/mol. The van der Waals surface area contributed by atoms with Crippen LogP contribution in [0.3, 0.4) is 0 Å². The van der Waals surface area contributed by atoms with Crippen LogP contribution in [0.25, 0.3) is 11.3 Å². The number of nitrogens with zero attached hydrogens (tertiary/aromatic N) is 2. The number of nitrogens with two attached hydrogens (primary N) is 1. The van der Waals surface area contributed by atoms with Crippen molar-refractivity contribution in [2.24, 2.45) is 10.7 Å². The first-order valence-electron chi connectivity index (χ1n) is 9.10. The first kappa shape index (κ1) is 21.1. The first-order valence-corrected chi connectivity index (χ1v) is 9.98. The van der Waals surface area contributed by atoms with E-state index in [1.807, 2.05) is 47.8 Å². The number of methoxy groups -OCH3 is 2. The molecule has 0 atom stereocenters. The molecule has 0 saturated carbocycles. The summed E-state index contributed by atoms with van der Waals surface area (Å²) in [5.74, 6) is 1.50. The maximum absolute atomic E-state index is 11.1. The van der Waals surface area contributed by atoms with Gasteiger partial charge in [-0.05, 0) is 24.3 Å². The van der Waals surface area contributed by atoms with Crippen molar-refractivity contribution in [3.8, 4) is 22.8 Å². The standard InChI is InChI=1S/C21H23N5O3S/c1-13(27)24-15-9-7-14(8-10-15)17-12-30-21(25-17)26-20(22)23-11-16-18(28-2)5-4-6-19(16)29-3/h4-10,12H,11H2,1-3H3,(H,24,27)(H3,22,23,25,26). The number of guanidine groups is 1. The molecule has 2 aromatic carbocycles. The monoisotopic (exact) mass is 425 g/mol. The number of rotatable bonds is 7. The summed E-state index contributed by atoms with van der Waals surface area (Å²) in [7, 11) is 3.20. The fraction of sp³-hybridized carbons (Fsp3) is 0.190. The van der Waals surface area contributed by atoms with Crippen LogP contribution >= 0.6 is 11.3 Å². The van der Waals surface area contributed by atoms with Crippen molar-refractivity contribution in [2.45, 2.75) is 13.5 Å². The van der Waals surface area contributed by atoms with Gasteiger partial charge in [-0.1, -0.05) is 18.2 Å². The molecule has 9 heteroatoms. The topological polar surface area (TPSA) is 111 Å². The fourth-order valence-electron chi connectivity index (χ4n) is 2.79. The Bertz CT molecular complexity index is 1020. The van der Waals surface area contributed by atoms with Crippen LogP contribution in [0.15, 0.2) is 52.8 Å². The lowest BCUT2D eigenvalue weighted by Gasteiger charge is -2.11. The van der Waals surface area contributed by atoms with E-state index in [1.165, 1.54) is 18.3 Å². The number of hydrogen-bond acceptors (Lipinski definition) is 6. The Balaban J connectivity index is 1.68. The number of ether oxygens (including phenoxy) is 2. The Morgan fingerprint density at radius 3 is 2.37 bits per heavy atom. The van der Waals surface area contributed by atoms with Gasteiger partial charge >= 0.3 is 0 Å². The van der Waals surface area contributed by atoms with Gasteiger partial charge in [-0.25, -0.2) is 9.98 Å². The summed E-state index contributed by atoms with van der Waals surface area (Å²) in [6.45, 7) is 1.77. The number of thiazole rings is 1. The third-order valence-corrected chi connectivity index (χ3v) is 4.94. The minimum absolute atomic E-state index is 0.108. The van der Waals surface area contributed by atoms with Gasteiger partial charge in [0.15, 0.2) is 11.1 Å². The van der Waals surface area contributed by atoms with Crippen molar-refractivity contribution in [2.75, 3.05) is 24.9 Å². The van der Waals surface area contributed by atoms with Crippen LogP contribution in [0.5, 0.6) is 11.5 Å². The number of aromatic nitrogens is 1. The molecule has 3 rings (SSSR count). The van der Waals surface area contributed by atoms with E-state index < -0.39 is 0 Å². The molecule has 30 heavy (non-hydrogen) atoms. The van der Waals surface area contributed by atoms with Crippen LogP contribution in [0, 0.1) is 0 Å². The van der Waals surface area contributed by atoms with Gasteiger partial charge in [-0.15, -0.1) is 11.3 Å². The van der Waals surface area contributed by atoms with Crippen molar-refractivity contribution >= 4 is 34.0 Å². The van der Waals surface area contributed by atoms with Crippen molar-refractivity contribution in [1.82, 2.24) is 4.98 Å². The highest BCUT2D eigenvalue weighted by atomic mass is 32.1. The Hall–Kier alpha value is -3.59. The summed E-state index contributed by atoms with van der Waals surface area (Å²) < 4.78 is 10.8. The van der Waals surface area contributed by atoms with Gasteiger partial charge in [-0.3, -0.25) is 4.79 Å². The Labute approximate surface area is 178 Å². The van der Waals surface area contributed by atoms with Crippen molar-refractivity contribution in [3.05, 3.63) is 53.4 Å². The van der Waals surface area contributed by atoms with E-state index in [9.17, 15) is 4.79 Å².